The summed E-state index contributed by atoms with van der Waals surface area (Å²) in [6.07, 6.45) is 0.518. The highest BCUT2D eigenvalue weighted by Gasteiger charge is 2.48. The van der Waals surface area contributed by atoms with Crippen LogP contribution in [0.15, 0.2) is 36.4 Å². The number of para-hydroxylation sites is 1. The molecule has 130 valence electrons. The van der Waals surface area contributed by atoms with Crippen molar-refractivity contribution in [2.75, 3.05) is 10.6 Å². The molecule has 1 aliphatic rings. The summed E-state index contributed by atoms with van der Waals surface area (Å²) in [5, 5.41) is 6.37. The van der Waals surface area contributed by atoms with Gasteiger partial charge in [0.05, 0.1) is 27.6 Å². The normalized spacial score (nSPS) is 18.6. The van der Waals surface area contributed by atoms with Crippen LogP contribution in [-0.2, 0) is 9.59 Å². The van der Waals surface area contributed by atoms with E-state index in [1.165, 1.54) is 0 Å². The summed E-state index contributed by atoms with van der Waals surface area (Å²) in [6, 6.07) is 10.8. The predicted molar refractivity (Wildman–Crippen MR) is 101 cm³/mol. The van der Waals surface area contributed by atoms with E-state index < -0.39 is 0 Å². The smallest absolute Gasteiger partial charge is 0.228 e. The van der Waals surface area contributed by atoms with Crippen LogP contribution in [0.4, 0.5) is 11.4 Å². The van der Waals surface area contributed by atoms with Gasteiger partial charge >= 0.3 is 0 Å². The maximum atomic E-state index is 12.4. The van der Waals surface area contributed by atoms with Gasteiger partial charge in [0, 0.05) is 5.69 Å². The number of carbonyl (C=O) groups excluding carboxylic acids is 2. The molecule has 2 aromatic carbocycles. The molecule has 3 rings (SSSR count). The lowest BCUT2D eigenvalue weighted by molar-refractivity contribution is -0.122. The van der Waals surface area contributed by atoms with E-state index >= 15 is 0 Å². The van der Waals surface area contributed by atoms with Crippen molar-refractivity contribution in [3.63, 3.8) is 0 Å². The zero-order valence-electron chi connectivity index (χ0n) is 13.9. The Morgan fingerprint density at radius 2 is 1.56 bits per heavy atom. The highest BCUT2D eigenvalue weighted by molar-refractivity contribution is 6.39. The van der Waals surface area contributed by atoms with Gasteiger partial charge in [-0.3, -0.25) is 9.59 Å². The number of nitrogens with one attached hydrogen (secondary N) is 2. The molecule has 2 unspecified atom stereocenters. The predicted octanol–water partition coefficient (Wildman–Crippen LogP) is 4.82. The number of halogens is 2. The van der Waals surface area contributed by atoms with Crippen molar-refractivity contribution in [1.82, 2.24) is 0 Å². The lowest BCUT2D eigenvalue weighted by Gasteiger charge is -2.10. The van der Waals surface area contributed by atoms with Crippen molar-refractivity contribution < 1.29 is 9.59 Å². The van der Waals surface area contributed by atoms with Crippen molar-refractivity contribution in [3.8, 4) is 0 Å². The summed E-state index contributed by atoms with van der Waals surface area (Å²) in [5.74, 6) is -1.08. The van der Waals surface area contributed by atoms with Crippen LogP contribution < -0.4 is 10.6 Å². The van der Waals surface area contributed by atoms with E-state index in [1.807, 2.05) is 32.0 Å². The lowest BCUT2D eigenvalue weighted by atomic mass is 10.1. The third-order valence-electron chi connectivity index (χ3n) is 4.31. The van der Waals surface area contributed by atoms with Crippen LogP contribution in [0.25, 0.3) is 0 Å². The minimum atomic E-state index is -0.363. The zero-order chi connectivity index (χ0) is 18.1. The number of hydrogen-bond donors (Lipinski definition) is 2. The third-order valence-corrected chi connectivity index (χ3v) is 4.94. The maximum absolute atomic E-state index is 12.4. The molecule has 0 aromatic heterocycles. The molecule has 0 heterocycles. The van der Waals surface area contributed by atoms with E-state index in [2.05, 4.69) is 10.6 Å². The van der Waals surface area contributed by atoms with E-state index in [-0.39, 0.29) is 23.7 Å². The van der Waals surface area contributed by atoms with Gasteiger partial charge in [0.2, 0.25) is 11.8 Å². The van der Waals surface area contributed by atoms with Gasteiger partial charge in [0.25, 0.3) is 0 Å². The number of benzene rings is 2. The lowest BCUT2D eigenvalue weighted by Crippen LogP contribution is -2.21. The zero-order valence-corrected chi connectivity index (χ0v) is 15.4. The number of carbonyl (C=O) groups is 2. The Balaban J connectivity index is 1.62. The van der Waals surface area contributed by atoms with E-state index in [0.717, 1.165) is 16.8 Å². The van der Waals surface area contributed by atoms with Crippen molar-refractivity contribution in [3.05, 3.63) is 57.6 Å². The van der Waals surface area contributed by atoms with Crippen LogP contribution in [-0.4, -0.2) is 11.8 Å². The van der Waals surface area contributed by atoms with Crippen molar-refractivity contribution in [2.24, 2.45) is 11.8 Å². The summed E-state index contributed by atoms with van der Waals surface area (Å²) in [5.41, 5.74) is 3.29. The Labute approximate surface area is 156 Å². The molecular formula is C19H18Cl2N2O2. The quantitative estimate of drug-likeness (QED) is 0.802. The molecule has 2 aromatic rings. The van der Waals surface area contributed by atoms with Crippen LogP contribution in [0.1, 0.15) is 17.5 Å². The number of rotatable bonds is 4. The highest BCUT2D eigenvalue weighted by atomic mass is 35.5. The Hall–Kier alpha value is -2.04. The highest BCUT2D eigenvalue weighted by Crippen LogP contribution is 2.41. The van der Waals surface area contributed by atoms with Gasteiger partial charge < -0.3 is 10.6 Å². The SMILES string of the molecule is Cc1ccc(NC(=O)C2CC2C(=O)Nc2c(Cl)cccc2Cl)c(C)c1. The molecule has 1 aliphatic carbocycles. The van der Waals surface area contributed by atoms with Crippen molar-refractivity contribution >= 4 is 46.4 Å². The van der Waals surface area contributed by atoms with Gasteiger partial charge in [-0.2, -0.15) is 0 Å². The molecule has 2 N–H and O–H groups in total. The molecule has 0 aliphatic heterocycles. The first-order valence-electron chi connectivity index (χ1n) is 8.00. The van der Waals surface area contributed by atoms with Gasteiger partial charge in [-0.1, -0.05) is 47.0 Å². The first-order chi connectivity index (χ1) is 11.9. The second kappa shape index (κ2) is 7.06. The monoisotopic (exact) mass is 376 g/mol. The Morgan fingerprint density at radius 3 is 2.16 bits per heavy atom. The fraction of sp³-hybridized carbons (Fsp3) is 0.263. The molecule has 25 heavy (non-hydrogen) atoms. The first kappa shape index (κ1) is 17.8. The minimum Gasteiger partial charge on any atom is -0.326 e. The van der Waals surface area contributed by atoms with Gasteiger partial charge in [0.1, 0.15) is 0 Å². The van der Waals surface area contributed by atoms with Crippen molar-refractivity contribution in [1.29, 1.82) is 0 Å². The molecule has 1 saturated carbocycles. The van der Waals surface area contributed by atoms with Crippen molar-refractivity contribution in [2.45, 2.75) is 20.3 Å². The molecule has 1 fully saturated rings. The molecule has 6 heteroatoms. The fourth-order valence-electron chi connectivity index (χ4n) is 2.79. The molecule has 0 radical (unpaired) electrons. The van der Waals surface area contributed by atoms with Crippen LogP contribution >= 0.6 is 23.2 Å². The van der Waals surface area contributed by atoms with E-state index in [1.54, 1.807) is 18.2 Å². The average molecular weight is 377 g/mol. The van der Waals surface area contributed by atoms with E-state index in [9.17, 15) is 9.59 Å². The first-order valence-corrected chi connectivity index (χ1v) is 8.75. The van der Waals surface area contributed by atoms with Crippen LogP contribution in [0.5, 0.6) is 0 Å². The molecular weight excluding hydrogens is 359 g/mol. The minimum absolute atomic E-state index is 0.141. The largest absolute Gasteiger partial charge is 0.326 e. The molecule has 0 saturated heterocycles. The van der Waals surface area contributed by atoms with E-state index in [0.29, 0.717) is 22.2 Å². The molecule has 0 spiro atoms. The summed E-state index contributed by atoms with van der Waals surface area (Å²) < 4.78 is 0. The molecule has 0 bridgehead atoms. The number of aryl methyl sites for hydroxylation is 2. The second-order valence-corrected chi connectivity index (χ2v) is 7.16. The van der Waals surface area contributed by atoms with Crippen LogP contribution in [0, 0.1) is 25.7 Å². The Kier molecular flexibility index (Phi) is 5.02. The van der Waals surface area contributed by atoms with E-state index in [4.69, 9.17) is 23.2 Å². The summed E-state index contributed by atoms with van der Waals surface area (Å²) >= 11 is 12.1. The number of anilines is 2. The average Bonchev–Trinajstić information content (AvgIpc) is 3.34. The topological polar surface area (TPSA) is 58.2 Å². The van der Waals surface area contributed by atoms with Gasteiger partial charge in [0.15, 0.2) is 0 Å². The standard InChI is InChI=1S/C19H18Cl2N2O2/c1-10-6-7-16(11(2)8-10)22-18(24)12-9-13(12)19(25)23-17-14(20)4-3-5-15(17)21/h3-8,12-13H,9H2,1-2H3,(H,22,24)(H,23,25). The van der Waals surface area contributed by atoms with Crippen LogP contribution in [0.2, 0.25) is 10.0 Å². The number of amides is 2. The molecule has 2 amide bonds. The summed E-state index contributed by atoms with van der Waals surface area (Å²) in [6.45, 7) is 3.94. The fourth-order valence-corrected chi connectivity index (χ4v) is 3.28. The van der Waals surface area contributed by atoms with Gasteiger partial charge in [-0.05, 0) is 44.0 Å². The van der Waals surface area contributed by atoms with Crippen LogP contribution in [0.3, 0.4) is 0 Å². The summed E-state index contributed by atoms with van der Waals surface area (Å²) in [4.78, 5) is 24.7. The Bertz CT molecular complexity index is 831. The summed E-state index contributed by atoms with van der Waals surface area (Å²) in [7, 11) is 0. The third kappa shape index (κ3) is 3.97. The van der Waals surface area contributed by atoms with Gasteiger partial charge in [-0.25, -0.2) is 0 Å². The molecule has 4 nitrogen and oxygen atoms in total. The Morgan fingerprint density at radius 1 is 0.960 bits per heavy atom. The maximum Gasteiger partial charge on any atom is 0.228 e. The number of hydrogen-bond acceptors (Lipinski definition) is 2. The second-order valence-electron chi connectivity index (χ2n) is 6.34. The molecule has 2 atom stereocenters. The van der Waals surface area contributed by atoms with Gasteiger partial charge in [-0.15, -0.1) is 0 Å².